The first-order valence-electron chi connectivity index (χ1n) is 4.63. The highest BCUT2D eigenvalue weighted by Gasteiger charge is 2.15. The van der Waals surface area contributed by atoms with Crippen LogP contribution in [0.25, 0.3) is 0 Å². The second-order valence-corrected chi connectivity index (χ2v) is 4.22. The lowest BCUT2D eigenvalue weighted by atomic mass is 10.3. The summed E-state index contributed by atoms with van der Waals surface area (Å²) in [5.41, 5.74) is 1.09. The predicted molar refractivity (Wildman–Crippen MR) is 56.0 cm³/mol. The van der Waals surface area contributed by atoms with Crippen LogP contribution in [0.5, 0.6) is 0 Å². The Kier molecular flexibility index (Phi) is 3.50. The second-order valence-electron chi connectivity index (χ2n) is 3.31. The number of nitrogens with zero attached hydrogens (tertiary/aromatic N) is 1. The van der Waals surface area contributed by atoms with Gasteiger partial charge in [0.2, 0.25) is 0 Å². The lowest BCUT2D eigenvalue weighted by molar-refractivity contribution is 0.0316. The highest BCUT2D eigenvalue weighted by atomic mass is 79.9. The first-order valence-corrected chi connectivity index (χ1v) is 5.42. The fraction of sp³-hybridized carbons (Fsp3) is 0.500. The topological polar surface area (TPSA) is 31.4 Å². The van der Waals surface area contributed by atoms with Gasteiger partial charge in [0, 0.05) is 23.5 Å². The molecule has 2 heterocycles. The van der Waals surface area contributed by atoms with Crippen molar-refractivity contribution in [3.8, 4) is 0 Å². The zero-order valence-corrected chi connectivity index (χ0v) is 9.37. The van der Waals surface area contributed by atoms with E-state index in [4.69, 9.17) is 9.47 Å². The Morgan fingerprint density at radius 3 is 3.21 bits per heavy atom. The van der Waals surface area contributed by atoms with Crippen LogP contribution in [0.2, 0.25) is 0 Å². The minimum atomic E-state index is 0.258. The molecule has 0 aromatic carbocycles. The summed E-state index contributed by atoms with van der Waals surface area (Å²) in [6, 6.07) is 2.02. The summed E-state index contributed by atoms with van der Waals surface area (Å²) in [7, 11) is 0. The van der Waals surface area contributed by atoms with Crippen LogP contribution in [0.4, 0.5) is 0 Å². The molecule has 76 valence electrons. The fourth-order valence-corrected chi connectivity index (χ4v) is 1.81. The minimum Gasteiger partial charge on any atom is -0.379 e. The highest BCUT2D eigenvalue weighted by Crippen LogP contribution is 2.14. The van der Waals surface area contributed by atoms with Crippen LogP contribution in [0, 0.1) is 0 Å². The number of aromatic nitrogens is 1. The Morgan fingerprint density at radius 2 is 2.50 bits per heavy atom. The van der Waals surface area contributed by atoms with E-state index in [1.54, 1.807) is 6.20 Å². The van der Waals surface area contributed by atoms with E-state index in [0.717, 1.165) is 29.7 Å². The van der Waals surface area contributed by atoms with E-state index in [9.17, 15) is 0 Å². The third kappa shape index (κ3) is 2.77. The van der Waals surface area contributed by atoms with Crippen molar-refractivity contribution in [2.75, 3.05) is 13.2 Å². The predicted octanol–water partition coefficient (Wildman–Crippen LogP) is 2.15. The van der Waals surface area contributed by atoms with Gasteiger partial charge < -0.3 is 9.47 Å². The average molecular weight is 258 g/mol. The lowest BCUT2D eigenvalue weighted by Gasteiger charge is -2.09. The molecule has 1 aliphatic heterocycles. The van der Waals surface area contributed by atoms with E-state index in [0.29, 0.717) is 6.61 Å². The summed E-state index contributed by atoms with van der Waals surface area (Å²) >= 11 is 3.37. The van der Waals surface area contributed by atoms with E-state index in [1.165, 1.54) is 0 Å². The van der Waals surface area contributed by atoms with Crippen molar-refractivity contribution in [2.24, 2.45) is 0 Å². The van der Waals surface area contributed by atoms with Crippen LogP contribution >= 0.6 is 15.9 Å². The molecular formula is C10H12BrNO2. The molecule has 1 saturated heterocycles. The maximum atomic E-state index is 5.66. The second kappa shape index (κ2) is 4.87. The molecule has 0 saturated carbocycles. The summed E-state index contributed by atoms with van der Waals surface area (Å²) < 4.78 is 11.9. The van der Waals surface area contributed by atoms with Gasteiger partial charge in [-0.3, -0.25) is 4.98 Å². The monoisotopic (exact) mass is 257 g/mol. The van der Waals surface area contributed by atoms with Gasteiger partial charge in [0.1, 0.15) is 0 Å². The Bertz CT molecular complexity index is 300. The molecule has 14 heavy (non-hydrogen) atoms. The number of rotatable bonds is 3. The summed E-state index contributed by atoms with van der Waals surface area (Å²) in [6.07, 6.45) is 4.85. The maximum Gasteiger partial charge on any atom is 0.0835 e. The van der Waals surface area contributed by atoms with Crippen LogP contribution in [0.15, 0.2) is 22.9 Å². The molecular weight excluding hydrogens is 246 g/mol. The van der Waals surface area contributed by atoms with Crippen molar-refractivity contribution in [3.63, 3.8) is 0 Å². The van der Waals surface area contributed by atoms with Crippen LogP contribution in [0.1, 0.15) is 12.0 Å². The van der Waals surface area contributed by atoms with Gasteiger partial charge in [-0.1, -0.05) is 0 Å². The zero-order chi connectivity index (χ0) is 9.80. The molecule has 4 heteroatoms. The standard InChI is InChI=1S/C10H12BrNO2/c11-9-3-8(4-12-5-9)6-14-10-1-2-13-7-10/h3-5,10H,1-2,6-7H2. The van der Waals surface area contributed by atoms with Crippen molar-refractivity contribution in [1.82, 2.24) is 4.98 Å². The third-order valence-corrected chi connectivity index (χ3v) is 2.57. The smallest absolute Gasteiger partial charge is 0.0835 e. The van der Waals surface area contributed by atoms with E-state index >= 15 is 0 Å². The first-order chi connectivity index (χ1) is 6.84. The van der Waals surface area contributed by atoms with Crippen LogP contribution < -0.4 is 0 Å². The SMILES string of the molecule is Brc1cncc(COC2CCOC2)c1. The molecule has 0 aliphatic carbocycles. The van der Waals surface area contributed by atoms with Gasteiger partial charge in [-0.25, -0.2) is 0 Å². The molecule has 1 aromatic rings. The number of pyridine rings is 1. The summed E-state index contributed by atoms with van der Waals surface area (Å²) in [6.45, 7) is 2.16. The molecule has 3 nitrogen and oxygen atoms in total. The molecule has 1 atom stereocenters. The minimum absolute atomic E-state index is 0.258. The van der Waals surface area contributed by atoms with Gasteiger partial charge in [0.25, 0.3) is 0 Å². The Morgan fingerprint density at radius 1 is 1.57 bits per heavy atom. The quantitative estimate of drug-likeness (QED) is 0.832. The molecule has 0 bridgehead atoms. The van der Waals surface area contributed by atoms with E-state index in [-0.39, 0.29) is 6.10 Å². The van der Waals surface area contributed by atoms with Crippen molar-refractivity contribution < 1.29 is 9.47 Å². The van der Waals surface area contributed by atoms with Gasteiger partial charge in [-0.2, -0.15) is 0 Å². The van der Waals surface area contributed by atoms with Crippen molar-refractivity contribution in [1.29, 1.82) is 0 Å². The Hall–Kier alpha value is -0.450. The van der Waals surface area contributed by atoms with Crippen molar-refractivity contribution in [2.45, 2.75) is 19.1 Å². The molecule has 2 rings (SSSR count). The van der Waals surface area contributed by atoms with E-state index in [1.807, 2.05) is 12.3 Å². The average Bonchev–Trinajstić information content (AvgIpc) is 2.67. The van der Waals surface area contributed by atoms with Crippen LogP contribution in [0.3, 0.4) is 0 Å². The molecule has 0 radical (unpaired) electrons. The molecule has 1 aliphatic rings. The van der Waals surface area contributed by atoms with Crippen LogP contribution in [-0.2, 0) is 16.1 Å². The molecule has 1 aromatic heterocycles. The van der Waals surface area contributed by atoms with Gasteiger partial charge in [-0.15, -0.1) is 0 Å². The van der Waals surface area contributed by atoms with Crippen molar-refractivity contribution in [3.05, 3.63) is 28.5 Å². The number of hydrogen-bond acceptors (Lipinski definition) is 3. The number of ether oxygens (including phenoxy) is 2. The van der Waals surface area contributed by atoms with E-state index < -0.39 is 0 Å². The van der Waals surface area contributed by atoms with Gasteiger partial charge >= 0.3 is 0 Å². The summed E-state index contributed by atoms with van der Waals surface area (Å²) in [4.78, 5) is 4.07. The Balaban J connectivity index is 1.85. The largest absolute Gasteiger partial charge is 0.379 e. The molecule has 0 spiro atoms. The first kappa shape index (κ1) is 10.1. The maximum absolute atomic E-state index is 5.66. The molecule has 1 fully saturated rings. The summed E-state index contributed by atoms with van der Waals surface area (Å²) in [5, 5.41) is 0. The van der Waals surface area contributed by atoms with Crippen molar-refractivity contribution >= 4 is 15.9 Å². The summed E-state index contributed by atoms with van der Waals surface area (Å²) in [5.74, 6) is 0. The van der Waals surface area contributed by atoms with Gasteiger partial charge in [-0.05, 0) is 34.0 Å². The highest BCUT2D eigenvalue weighted by molar-refractivity contribution is 9.10. The molecule has 0 N–H and O–H groups in total. The molecule has 0 amide bonds. The lowest BCUT2D eigenvalue weighted by Crippen LogP contribution is -2.11. The van der Waals surface area contributed by atoms with Gasteiger partial charge in [0.05, 0.1) is 19.3 Å². The zero-order valence-electron chi connectivity index (χ0n) is 7.78. The Labute approximate surface area is 91.6 Å². The van der Waals surface area contributed by atoms with Gasteiger partial charge in [0.15, 0.2) is 0 Å². The fourth-order valence-electron chi connectivity index (χ4n) is 1.39. The van der Waals surface area contributed by atoms with E-state index in [2.05, 4.69) is 20.9 Å². The van der Waals surface area contributed by atoms with Crippen LogP contribution in [-0.4, -0.2) is 24.3 Å². The number of halogens is 1. The third-order valence-electron chi connectivity index (χ3n) is 2.14. The number of hydrogen-bond donors (Lipinski definition) is 0. The molecule has 1 unspecified atom stereocenters. The normalized spacial score (nSPS) is 21.4.